The van der Waals surface area contributed by atoms with E-state index in [9.17, 15) is 13.6 Å². The molecular weight excluding hydrogens is 524 g/mol. The van der Waals surface area contributed by atoms with Crippen molar-refractivity contribution in [3.05, 3.63) is 83.7 Å². The molecule has 2 N–H and O–H groups in total. The summed E-state index contributed by atoms with van der Waals surface area (Å²) in [4.78, 5) is 24.0. The van der Waals surface area contributed by atoms with Crippen molar-refractivity contribution in [2.45, 2.75) is 18.9 Å². The SMILES string of the molecule is COc1cccc(-c2c(NC(=O)C=CC3CCCN3C)ccc3ncnc(Nc4ccc(F)c(Cl)c4F)c23)c1. The molecule has 1 unspecified atom stereocenters. The minimum absolute atomic E-state index is 0.0592. The maximum atomic E-state index is 14.8. The Morgan fingerprint density at radius 3 is 2.74 bits per heavy atom. The van der Waals surface area contributed by atoms with Crippen LogP contribution in [0.25, 0.3) is 22.0 Å². The number of nitrogens with zero attached hydrogens (tertiary/aromatic N) is 3. The van der Waals surface area contributed by atoms with Gasteiger partial charge in [0.05, 0.1) is 23.7 Å². The summed E-state index contributed by atoms with van der Waals surface area (Å²) >= 11 is 5.80. The average molecular weight is 550 g/mol. The average Bonchev–Trinajstić information content (AvgIpc) is 3.36. The quantitative estimate of drug-likeness (QED) is 0.200. The molecule has 4 aromatic rings. The predicted octanol–water partition coefficient (Wildman–Crippen LogP) is 6.57. The number of rotatable bonds is 7. The first-order valence-electron chi connectivity index (χ1n) is 12.4. The van der Waals surface area contributed by atoms with Crippen molar-refractivity contribution >= 4 is 45.6 Å². The number of likely N-dealkylation sites (N-methyl/N-ethyl adjacent to an activating group) is 1. The minimum Gasteiger partial charge on any atom is -0.497 e. The van der Waals surface area contributed by atoms with E-state index in [-0.39, 0.29) is 23.5 Å². The zero-order valence-electron chi connectivity index (χ0n) is 21.3. The van der Waals surface area contributed by atoms with Crippen molar-refractivity contribution in [1.82, 2.24) is 14.9 Å². The highest BCUT2D eigenvalue weighted by Crippen LogP contribution is 2.40. The summed E-state index contributed by atoms with van der Waals surface area (Å²) in [5.74, 6) is -1.25. The Kier molecular flexibility index (Phi) is 7.72. The molecule has 3 aromatic carbocycles. The monoisotopic (exact) mass is 549 g/mol. The van der Waals surface area contributed by atoms with Crippen LogP contribution in [0.3, 0.4) is 0 Å². The zero-order valence-corrected chi connectivity index (χ0v) is 22.1. The van der Waals surface area contributed by atoms with Crippen molar-refractivity contribution < 1.29 is 18.3 Å². The number of carbonyl (C=O) groups is 1. The van der Waals surface area contributed by atoms with E-state index in [1.807, 2.05) is 31.3 Å². The van der Waals surface area contributed by atoms with Gasteiger partial charge in [-0.2, -0.15) is 0 Å². The summed E-state index contributed by atoms with van der Waals surface area (Å²) in [6.45, 7) is 0.997. The van der Waals surface area contributed by atoms with Gasteiger partial charge in [-0.25, -0.2) is 18.7 Å². The summed E-state index contributed by atoms with van der Waals surface area (Å²) in [5, 5.41) is 5.80. The molecule has 1 aliphatic heterocycles. The first-order valence-corrected chi connectivity index (χ1v) is 12.8. The lowest BCUT2D eigenvalue weighted by Crippen LogP contribution is -2.23. The van der Waals surface area contributed by atoms with Gasteiger partial charge in [0.25, 0.3) is 0 Å². The van der Waals surface area contributed by atoms with E-state index >= 15 is 0 Å². The lowest BCUT2D eigenvalue weighted by molar-refractivity contribution is -0.111. The Balaban J connectivity index is 1.62. The second-order valence-corrected chi connectivity index (χ2v) is 9.60. The van der Waals surface area contributed by atoms with Crippen LogP contribution >= 0.6 is 11.6 Å². The highest BCUT2D eigenvalue weighted by atomic mass is 35.5. The van der Waals surface area contributed by atoms with Gasteiger partial charge in [-0.05, 0) is 68.4 Å². The molecule has 0 radical (unpaired) electrons. The number of amides is 1. The molecule has 1 fully saturated rings. The molecule has 5 rings (SSSR count). The van der Waals surface area contributed by atoms with Crippen LogP contribution in [-0.2, 0) is 4.79 Å². The van der Waals surface area contributed by atoms with Crippen LogP contribution in [0.1, 0.15) is 12.8 Å². The van der Waals surface area contributed by atoms with Crippen molar-refractivity contribution in [2.24, 2.45) is 0 Å². The van der Waals surface area contributed by atoms with Crippen LogP contribution < -0.4 is 15.4 Å². The molecule has 1 atom stereocenters. The Hall–Kier alpha value is -4.08. The first kappa shape index (κ1) is 26.5. The van der Waals surface area contributed by atoms with Gasteiger partial charge in [-0.15, -0.1) is 0 Å². The van der Waals surface area contributed by atoms with E-state index in [0.717, 1.165) is 25.5 Å². The lowest BCUT2D eigenvalue weighted by Gasteiger charge is -2.18. The van der Waals surface area contributed by atoms with Gasteiger partial charge in [0.15, 0.2) is 5.82 Å². The maximum Gasteiger partial charge on any atom is 0.248 e. The summed E-state index contributed by atoms with van der Waals surface area (Å²) in [7, 11) is 3.60. The number of likely N-dealkylation sites (tertiary alicyclic amines) is 1. The Labute approximate surface area is 229 Å². The molecule has 2 heterocycles. The number of carbonyl (C=O) groups excluding carboxylic acids is 1. The number of nitrogens with one attached hydrogen (secondary N) is 2. The Bertz CT molecular complexity index is 1580. The van der Waals surface area contributed by atoms with Gasteiger partial charge in [0.2, 0.25) is 5.91 Å². The Morgan fingerprint density at radius 1 is 1.15 bits per heavy atom. The molecule has 0 bridgehead atoms. The lowest BCUT2D eigenvalue weighted by atomic mass is 9.98. The van der Waals surface area contributed by atoms with Crippen LogP contribution in [0.15, 0.2) is 67.0 Å². The van der Waals surface area contributed by atoms with E-state index in [1.165, 1.54) is 12.4 Å². The van der Waals surface area contributed by atoms with Gasteiger partial charge in [-0.3, -0.25) is 9.69 Å². The van der Waals surface area contributed by atoms with Crippen LogP contribution in [0.2, 0.25) is 5.02 Å². The highest BCUT2D eigenvalue weighted by molar-refractivity contribution is 6.31. The maximum absolute atomic E-state index is 14.8. The van der Waals surface area contributed by atoms with E-state index in [0.29, 0.717) is 33.5 Å². The third kappa shape index (κ3) is 5.55. The minimum atomic E-state index is -0.946. The van der Waals surface area contributed by atoms with E-state index in [2.05, 4.69) is 25.5 Å². The number of ether oxygens (including phenoxy) is 1. The molecule has 0 spiro atoms. The van der Waals surface area contributed by atoms with Gasteiger partial charge < -0.3 is 15.4 Å². The van der Waals surface area contributed by atoms with Crippen molar-refractivity contribution in [1.29, 1.82) is 0 Å². The topological polar surface area (TPSA) is 79.4 Å². The molecule has 1 saturated heterocycles. The molecule has 0 aliphatic carbocycles. The van der Waals surface area contributed by atoms with Crippen molar-refractivity contribution in [3.63, 3.8) is 0 Å². The normalized spacial score (nSPS) is 15.7. The van der Waals surface area contributed by atoms with Gasteiger partial charge in [0, 0.05) is 23.4 Å². The molecule has 10 heteroatoms. The molecule has 7 nitrogen and oxygen atoms in total. The molecule has 1 aromatic heterocycles. The van der Waals surface area contributed by atoms with E-state index < -0.39 is 16.7 Å². The highest BCUT2D eigenvalue weighted by Gasteiger charge is 2.21. The second kappa shape index (κ2) is 11.3. The largest absolute Gasteiger partial charge is 0.497 e. The number of fused-ring (bicyclic) bond motifs is 1. The van der Waals surface area contributed by atoms with Crippen LogP contribution in [0.5, 0.6) is 5.75 Å². The number of aromatic nitrogens is 2. The van der Waals surface area contributed by atoms with Crippen molar-refractivity contribution in [2.75, 3.05) is 31.3 Å². The third-order valence-corrected chi connectivity index (χ3v) is 7.10. The number of hydrogen-bond acceptors (Lipinski definition) is 6. The number of benzene rings is 3. The zero-order chi connectivity index (χ0) is 27.5. The molecular formula is C29H26ClF2N5O2. The summed E-state index contributed by atoms with van der Waals surface area (Å²) < 4.78 is 34.0. The van der Waals surface area contributed by atoms with Crippen LogP contribution in [-0.4, -0.2) is 47.5 Å². The number of halogens is 3. The fraction of sp³-hybridized carbons (Fsp3) is 0.207. The molecule has 200 valence electrons. The Morgan fingerprint density at radius 2 is 1.97 bits per heavy atom. The van der Waals surface area contributed by atoms with E-state index in [4.69, 9.17) is 16.3 Å². The predicted molar refractivity (Wildman–Crippen MR) is 150 cm³/mol. The molecule has 1 aliphatic rings. The molecule has 0 saturated carbocycles. The fourth-order valence-corrected chi connectivity index (χ4v) is 4.90. The van der Waals surface area contributed by atoms with Gasteiger partial charge in [-0.1, -0.05) is 29.8 Å². The first-order chi connectivity index (χ1) is 18.9. The van der Waals surface area contributed by atoms with Crippen LogP contribution in [0.4, 0.5) is 26.0 Å². The van der Waals surface area contributed by atoms with Gasteiger partial charge >= 0.3 is 0 Å². The second-order valence-electron chi connectivity index (χ2n) is 9.22. The summed E-state index contributed by atoms with van der Waals surface area (Å²) in [6, 6.07) is 13.3. The van der Waals surface area contributed by atoms with Crippen LogP contribution in [0, 0.1) is 11.6 Å². The van der Waals surface area contributed by atoms with Crippen molar-refractivity contribution in [3.8, 4) is 16.9 Å². The molecule has 1 amide bonds. The summed E-state index contributed by atoms with van der Waals surface area (Å²) in [6.07, 6.45) is 6.88. The number of methoxy groups -OCH3 is 1. The smallest absolute Gasteiger partial charge is 0.248 e. The number of anilines is 3. The third-order valence-electron chi connectivity index (χ3n) is 6.75. The standard InChI is InChI=1S/C29H26ClF2N5O2/c1-37-14-4-6-18(37)8-13-24(38)35-22-12-11-21-26(25(22)17-5-3-7-19(15-17)39-2)29(34-16-33-21)36-23-10-9-20(31)27(30)28(23)32/h3,5,7-13,15-16,18H,4,6,14H2,1-2H3,(H,35,38)(H,33,34,36). The molecule has 39 heavy (non-hydrogen) atoms. The summed E-state index contributed by atoms with van der Waals surface area (Å²) in [5.41, 5.74) is 2.30. The van der Waals surface area contributed by atoms with E-state index in [1.54, 1.807) is 31.4 Å². The number of hydrogen-bond donors (Lipinski definition) is 2. The fourth-order valence-electron chi connectivity index (χ4n) is 4.73. The van der Waals surface area contributed by atoms with Gasteiger partial charge in [0.1, 0.15) is 28.7 Å².